The molecule has 2 heterocycles. The molecule has 4 heteroatoms. The molecule has 0 saturated heterocycles. The molecule has 4 aromatic rings. The van der Waals surface area contributed by atoms with Crippen molar-refractivity contribution in [1.82, 2.24) is 0 Å². The fraction of sp³-hybridized carbons (Fsp3) is 0.0909. The maximum absolute atomic E-state index is 2.22. The van der Waals surface area contributed by atoms with Crippen molar-refractivity contribution in [3.63, 3.8) is 0 Å². The van der Waals surface area contributed by atoms with Crippen LogP contribution in [0.3, 0.4) is 0 Å². The van der Waals surface area contributed by atoms with Crippen molar-refractivity contribution in [3.05, 3.63) is 97.6 Å². The Kier molecular flexibility index (Phi) is 7.49. The molecule has 0 bridgehead atoms. The molecule has 132 valence electrons. The zero-order valence-electron chi connectivity index (χ0n) is 14.3. The number of fused-ring (bicyclic) bond motifs is 2. The summed E-state index contributed by atoms with van der Waals surface area (Å²) in [4.78, 5) is 0. The number of nitrogens with zero attached hydrogens (tertiary/aromatic N) is 2. The quantitative estimate of drug-likeness (QED) is 0.236. The summed E-state index contributed by atoms with van der Waals surface area (Å²) in [5.74, 6) is 0. The number of benzene rings is 2. The Bertz CT molecular complexity index is 945. The lowest BCUT2D eigenvalue weighted by Crippen LogP contribution is -3.00. The molecule has 0 aliphatic carbocycles. The van der Waals surface area contributed by atoms with Crippen LogP contribution in [0.5, 0.6) is 0 Å². The molecule has 0 spiro atoms. The minimum Gasteiger partial charge on any atom is -1.00 e. The van der Waals surface area contributed by atoms with Gasteiger partial charge in [0, 0.05) is 22.9 Å². The zero-order valence-corrected chi connectivity index (χ0v) is 17.5. The standard InChI is InChI=1S/C22H20N2.2BrH/c1-3-9-21-17-23(15-11-19(21)7-1)13-5-6-14-24-16-12-20-8-2-4-10-22(20)18-24;;/h1-12,15-18H,13-14H2;2*1H/q+2;;/p-2/b6-5+;;. The second-order valence-electron chi connectivity index (χ2n) is 6.01. The summed E-state index contributed by atoms with van der Waals surface area (Å²) in [5.41, 5.74) is 0. The van der Waals surface area contributed by atoms with Gasteiger partial charge in [-0.15, -0.1) is 0 Å². The van der Waals surface area contributed by atoms with Crippen LogP contribution in [0, 0.1) is 0 Å². The van der Waals surface area contributed by atoms with E-state index in [4.69, 9.17) is 0 Å². The van der Waals surface area contributed by atoms with E-state index >= 15 is 0 Å². The highest BCUT2D eigenvalue weighted by atomic mass is 79.9. The van der Waals surface area contributed by atoms with Gasteiger partial charge in [-0.2, -0.15) is 0 Å². The molecule has 2 aromatic carbocycles. The number of halogens is 2. The van der Waals surface area contributed by atoms with E-state index in [1.165, 1.54) is 21.5 Å². The molecule has 2 aromatic heterocycles. The average Bonchev–Trinajstić information content (AvgIpc) is 2.65. The third-order valence-corrected chi connectivity index (χ3v) is 4.29. The SMILES string of the molecule is C(=C\C[n+]1ccc2ccccc2c1)/C[n+]1ccc2ccccc2c1.[Br-].[Br-]. The molecule has 4 rings (SSSR count). The van der Waals surface area contributed by atoms with Crippen LogP contribution in [0.2, 0.25) is 0 Å². The summed E-state index contributed by atoms with van der Waals surface area (Å²) in [6, 6.07) is 21.2. The van der Waals surface area contributed by atoms with E-state index in [9.17, 15) is 0 Å². The number of allylic oxidation sites excluding steroid dienone is 2. The third-order valence-electron chi connectivity index (χ3n) is 4.29. The molecule has 0 radical (unpaired) electrons. The minimum absolute atomic E-state index is 0. The highest BCUT2D eigenvalue weighted by Crippen LogP contribution is 2.10. The highest BCUT2D eigenvalue weighted by Gasteiger charge is 2.02. The number of hydrogen-bond acceptors (Lipinski definition) is 0. The van der Waals surface area contributed by atoms with Crippen LogP contribution in [0.4, 0.5) is 0 Å². The van der Waals surface area contributed by atoms with E-state index in [2.05, 4.69) is 107 Å². The highest BCUT2D eigenvalue weighted by molar-refractivity contribution is 5.80. The smallest absolute Gasteiger partial charge is 0.176 e. The van der Waals surface area contributed by atoms with Gasteiger partial charge in [0.15, 0.2) is 37.9 Å². The summed E-state index contributed by atoms with van der Waals surface area (Å²) >= 11 is 0. The molecule has 0 N–H and O–H groups in total. The summed E-state index contributed by atoms with van der Waals surface area (Å²) in [7, 11) is 0. The van der Waals surface area contributed by atoms with Crippen LogP contribution in [-0.4, -0.2) is 0 Å². The number of aromatic nitrogens is 2. The van der Waals surface area contributed by atoms with Gasteiger partial charge in [0.25, 0.3) is 0 Å². The van der Waals surface area contributed by atoms with Crippen molar-refractivity contribution >= 4 is 21.5 Å². The fourth-order valence-electron chi connectivity index (χ4n) is 2.98. The maximum Gasteiger partial charge on any atom is 0.176 e. The summed E-state index contributed by atoms with van der Waals surface area (Å²) in [5, 5.41) is 5.11. The van der Waals surface area contributed by atoms with Gasteiger partial charge in [-0.25, -0.2) is 9.13 Å². The molecule has 0 aliphatic heterocycles. The number of pyridine rings is 2. The normalized spacial score (nSPS) is 10.6. The second-order valence-corrected chi connectivity index (χ2v) is 6.01. The van der Waals surface area contributed by atoms with Crippen molar-refractivity contribution < 1.29 is 43.1 Å². The molecule has 2 nitrogen and oxygen atoms in total. The van der Waals surface area contributed by atoms with E-state index in [1.54, 1.807) is 0 Å². The minimum atomic E-state index is 0. The lowest BCUT2D eigenvalue weighted by Gasteiger charge is -1.97. The van der Waals surface area contributed by atoms with E-state index in [1.807, 2.05) is 0 Å². The van der Waals surface area contributed by atoms with Gasteiger partial charge in [0.2, 0.25) is 0 Å². The third kappa shape index (κ3) is 4.77. The number of hydrogen-bond donors (Lipinski definition) is 0. The van der Waals surface area contributed by atoms with E-state index in [0.717, 1.165) is 13.1 Å². The summed E-state index contributed by atoms with van der Waals surface area (Å²) < 4.78 is 4.42. The molecule has 26 heavy (non-hydrogen) atoms. The Morgan fingerprint density at radius 2 is 0.923 bits per heavy atom. The van der Waals surface area contributed by atoms with Gasteiger partial charge in [0.1, 0.15) is 0 Å². The van der Waals surface area contributed by atoms with Gasteiger partial charge < -0.3 is 34.0 Å². The molecule has 0 aliphatic rings. The van der Waals surface area contributed by atoms with Crippen molar-refractivity contribution in [2.75, 3.05) is 0 Å². The first kappa shape index (κ1) is 20.3. The average molecular weight is 472 g/mol. The first-order chi connectivity index (χ1) is 11.9. The maximum atomic E-state index is 2.22. The second kappa shape index (κ2) is 9.60. The predicted molar refractivity (Wildman–Crippen MR) is 97.4 cm³/mol. The Morgan fingerprint density at radius 1 is 0.538 bits per heavy atom. The lowest BCUT2D eigenvalue weighted by atomic mass is 10.2. The molecular formula is C22H20Br2N2. The van der Waals surface area contributed by atoms with Crippen LogP contribution in [0.25, 0.3) is 21.5 Å². The fourth-order valence-corrected chi connectivity index (χ4v) is 2.98. The zero-order chi connectivity index (χ0) is 16.2. The van der Waals surface area contributed by atoms with E-state index in [0.29, 0.717) is 0 Å². The van der Waals surface area contributed by atoms with E-state index < -0.39 is 0 Å². The summed E-state index contributed by atoms with van der Waals surface area (Å²) in [6.45, 7) is 1.78. The van der Waals surface area contributed by atoms with Crippen LogP contribution in [0.1, 0.15) is 0 Å². The van der Waals surface area contributed by atoms with Crippen LogP contribution >= 0.6 is 0 Å². The van der Waals surface area contributed by atoms with Crippen molar-refractivity contribution in [2.45, 2.75) is 13.1 Å². The van der Waals surface area contributed by atoms with Crippen LogP contribution in [-0.2, 0) is 13.1 Å². The molecule has 0 atom stereocenters. The van der Waals surface area contributed by atoms with Gasteiger partial charge in [0.05, 0.1) is 0 Å². The van der Waals surface area contributed by atoms with Crippen LogP contribution in [0.15, 0.2) is 97.6 Å². The molecule has 0 saturated carbocycles. The van der Waals surface area contributed by atoms with Gasteiger partial charge in [-0.1, -0.05) is 36.4 Å². The van der Waals surface area contributed by atoms with E-state index in [-0.39, 0.29) is 34.0 Å². The topological polar surface area (TPSA) is 7.76 Å². The first-order valence-electron chi connectivity index (χ1n) is 8.29. The molecule has 0 fully saturated rings. The monoisotopic (exact) mass is 470 g/mol. The summed E-state index contributed by atoms with van der Waals surface area (Å²) in [6.07, 6.45) is 13.1. The van der Waals surface area contributed by atoms with Gasteiger partial charge >= 0.3 is 0 Å². The van der Waals surface area contributed by atoms with Crippen molar-refractivity contribution in [3.8, 4) is 0 Å². The molecular weight excluding hydrogens is 452 g/mol. The van der Waals surface area contributed by atoms with Gasteiger partial charge in [-0.3, -0.25) is 0 Å². The largest absolute Gasteiger partial charge is 1.00 e. The first-order valence-corrected chi connectivity index (χ1v) is 8.29. The predicted octanol–water partition coefficient (Wildman–Crippen LogP) is -2.17. The molecule has 0 unspecified atom stereocenters. The Morgan fingerprint density at radius 3 is 1.35 bits per heavy atom. The van der Waals surface area contributed by atoms with Crippen molar-refractivity contribution in [1.29, 1.82) is 0 Å². The van der Waals surface area contributed by atoms with Crippen LogP contribution < -0.4 is 43.1 Å². The molecule has 0 amide bonds. The number of rotatable bonds is 4. The Balaban J connectivity index is 0.00000121. The Hall–Kier alpha value is -2.04. The van der Waals surface area contributed by atoms with Gasteiger partial charge in [-0.05, 0) is 35.1 Å². The lowest BCUT2D eigenvalue weighted by molar-refractivity contribution is -0.689. The van der Waals surface area contributed by atoms with Crippen molar-refractivity contribution in [2.24, 2.45) is 0 Å². The Labute approximate surface area is 175 Å².